The summed E-state index contributed by atoms with van der Waals surface area (Å²) in [4.78, 5) is 0.120. The summed E-state index contributed by atoms with van der Waals surface area (Å²) in [6.45, 7) is 4.47. The van der Waals surface area contributed by atoms with Crippen LogP contribution < -0.4 is 5.32 Å². The predicted molar refractivity (Wildman–Crippen MR) is 66.5 cm³/mol. The van der Waals surface area contributed by atoms with Gasteiger partial charge < -0.3 is 10.4 Å². The molecule has 0 saturated carbocycles. The Bertz CT molecular complexity index is 367. The molecule has 2 N–H and O–H groups in total. The molecule has 0 saturated heterocycles. The minimum absolute atomic E-state index is 0.120. The first kappa shape index (κ1) is 15.3. The van der Waals surface area contributed by atoms with Gasteiger partial charge in [0, 0.05) is 10.9 Å². The van der Waals surface area contributed by atoms with Gasteiger partial charge in [0.25, 0.3) is 0 Å². The highest BCUT2D eigenvalue weighted by atomic mass is 32.2. The van der Waals surface area contributed by atoms with Crippen LogP contribution in [0.5, 0.6) is 0 Å². The Morgan fingerprint density at radius 1 is 1.28 bits per heavy atom. The molecule has 0 heterocycles. The highest BCUT2D eigenvalue weighted by molar-refractivity contribution is 8.00. The molecule has 0 aliphatic rings. The molecule has 1 rings (SSSR count). The van der Waals surface area contributed by atoms with E-state index in [-0.39, 0.29) is 22.7 Å². The Morgan fingerprint density at radius 2 is 1.83 bits per heavy atom. The number of likely N-dealkylation sites (N-methyl/N-ethyl adjacent to an activating group) is 1. The number of benzene rings is 1. The summed E-state index contributed by atoms with van der Waals surface area (Å²) in [5.74, 6) is 0. The first-order valence-electron chi connectivity index (χ1n) is 5.60. The van der Waals surface area contributed by atoms with E-state index in [9.17, 15) is 18.3 Å². The predicted octanol–water partition coefficient (Wildman–Crippen LogP) is 3.33. The molecule has 0 aliphatic carbocycles. The molecule has 1 aromatic carbocycles. The van der Waals surface area contributed by atoms with Crippen molar-refractivity contribution in [2.24, 2.45) is 0 Å². The summed E-state index contributed by atoms with van der Waals surface area (Å²) in [6, 6.07) is 5.64. The van der Waals surface area contributed by atoms with Gasteiger partial charge in [-0.15, -0.1) is 0 Å². The van der Waals surface area contributed by atoms with Gasteiger partial charge in [0.2, 0.25) is 0 Å². The Hall–Kier alpha value is -0.720. The average molecular weight is 279 g/mol. The number of halogens is 3. The smallest absolute Gasteiger partial charge is 0.387 e. The van der Waals surface area contributed by atoms with Gasteiger partial charge in [-0.3, -0.25) is 0 Å². The van der Waals surface area contributed by atoms with Crippen LogP contribution in [-0.2, 0) is 0 Å². The fourth-order valence-corrected chi connectivity index (χ4v) is 2.13. The Balaban J connectivity index is 2.70. The number of rotatable bonds is 5. The van der Waals surface area contributed by atoms with E-state index in [2.05, 4.69) is 5.32 Å². The van der Waals surface area contributed by atoms with Crippen LogP contribution in [0.25, 0.3) is 0 Å². The van der Waals surface area contributed by atoms with Crippen LogP contribution in [0, 0.1) is 0 Å². The molecule has 2 nitrogen and oxygen atoms in total. The van der Waals surface area contributed by atoms with E-state index in [1.165, 1.54) is 24.3 Å². The third kappa shape index (κ3) is 4.88. The van der Waals surface area contributed by atoms with Crippen LogP contribution in [0.1, 0.15) is 25.5 Å². The number of nitrogens with one attached hydrogen (secondary N) is 1. The van der Waals surface area contributed by atoms with E-state index in [1.807, 2.05) is 13.8 Å². The summed E-state index contributed by atoms with van der Waals surface area (Å²) in [6.07, 6.45) is -0.727. The van der Waals surface area contributed by atoms with Crippen LogP contribution in [0.4, 0.5) is 13.2 Å². The zero-order valence-corrected chi connectivity index (χ0v) is 11.0. The third-order valence-electron chi connectivity index (χ3n) is 2.45. The second kappa shape index (κ2) is 6.45. The van der Waals surface area contributed by atoms with Crippen molar-refractivity contribution in [3.8, 4) is 0 Å². The van der Waals surface area contributed by atoms with Gasteiger partial charge >= 0.3 is 5.51 Å². The molecule has 0 bridgehead atoms. The van der Waals surface area contributed by atoms with Gasteiger partial charge in [-0.05, 0) is 42.9 Å². The van der Waals surface area contributed by atoms with E-state index in [4.69, 9.17) is 0 Å². The standard InChI is InChI=1S/C12H16F3NOS/c1-3-16-8(2)11(17)9-4-6-10(7-5-9)18-12(13,14)15/h4-8,11,16-17H,3H2,1-2H3. The fraction of sp³-hybridized carbons (Fsp3) is 0.500. The van der Waals surface area contributed by atoms with Crippen molar-refractivity contribution in [3.05, 3.63) is 29.8 Å². The number of aliphatic hydroxyl groups is 1. The van der Waals surface area contributed by atoms with Crippen molar-refractivity contribution in [1.29, 1.82) is 0 Å². The molecule has 0 amide bonds. The van der Waals surface area contributed by atoms with Gasteiger partial charge in [-0.1, -0.05) is 19.1 Å². The van der Waals surface area contributed by atoms with Crippen LogP contribution in [0.15, 0.2) is 29.2 Å². The maximum absolute atomic E-state index is 12.1. The highest BCUT2D eigenvalue weighted by Gasteiger charge is 2.29. The zero-order valence-electron chi connectivity index (χ0n) is 10.2. The Morgan fingerprint density at radius 3 is 2.28 bits per heavy atom. The maximum atomic E-state index is 12.1. The molecule has 102 valence electrons. The van der Waals surface area contributed by atoms with Crippen molar-refractivity contribution < 1.29 is 18.3 Å². The summed E-state index contributed by atoms with van der Waals surface area (Å²) in [5, 5.41) is 13.0. The van der Waals surface area contributed by atoms with Crippen LogP contribution in [0.3, 0.4) is 0 Å². The van der Waals surface area contributed by atoms with E-state index >= 15 is 0 Å². The fourth-order valence-electron chi connectivity index (χ4n) is 1.59. The largest absolute Gasteiger partial charge is 0.446 e. The topological polar surface area (TPSA) is 32.3 Å². The molecule has 1 aromatic rings. The van der Waals surface area contributed by atoms with E-state index < -0.39 is 11.6 Å². The monoisotopic (exact) mass is 279 g/mol. The SMILES string of the molecule is CCNC(C)C(O)c1ccc(SC(F)(F)F)cc1. The summed E-state index contributed by atoms with van der Waals surface area (Å²) in [5.41, 5.74) is -3.67. The number of hydrogen-bond donors (Lipinski definition) is 2. The Labute approximate surface area is 109 Å². The highest BCUT2D eigenvalue weighted by Crippen LogP contribution is 2.37. The number of alkyl halides is 3. The number of aliphatic hydroxyl groups excluding tert-OH is 1. The number of thioether (sulfide) groups is 1. The van der Waals surface area contributed by atoms with Gasteiger partial charge in [-0.2, -0.15) is 13.2 Å². The molecule has 0 aliphatic heterocycles. The van der Waals surface area contributed by atoms with Crippen LogP contribution >= 0.6 is 11.8 Å². The van der Waals surface area contributed by atoms with Crippen molar-refractivity contribution in [1.82, 2.24) is 5.32 Å². The summed E-state index contributed by atoms with van der Waals surface area (Å²) < 4.78 is 36.4. The normalized spacial score (nSPS) is 15.4. The van der Waals surface area contributed by atoms with Crippen LogP contribution in [-0.4, -0.2) is 23.2 Å². The lowest BCUT2D eigenvalue weighted by Gasteiger charge is -2.20. The molecule has 0 spiro atoms. The van der Waals surface area contributed by atoms with Crippen molar-refractivity contribution in [2.75, 3.05) is 6.54 Å². The molecule has 0 aromatic heterocycles. The zero-order chi connectivity index (χ0) is 13.8. The minimum atomic E-state index is -4.28. The van der Waals surface area contributed by atoms with Gasteiger partial charge in [0.1, 0.15) is 0 Å². The third-order valence-corrected chi connectivity index (χ3v) is 3.19. The summed E-state index contributed by atoms with van der Waals surface area (Å²) in [7, 11) is 0. The Kier molecular flexibility index (Phi) is 5.49. The molecule has 2 atom stereocenters. The number of hydrogen-bond acceptors (Lipinski definition) is 3. The van der Waals surface area contributed by atoms with Gasteiger partial charge in [0.15, 0.2) is 0 Å². The summed E-state index contributed by atoms with van der Waals surface area (Å²) >= 11 is -0.157. The van der Waals surface area contributed by atoms with Crippen LogP contribution in [0.2, 0.25) is 0 Å². The maximum Gasteiger partial charge on any atom is 0.446 e. The molecule has 18 heavy (non-hydrogen) atoms. The molecule has 0 fully saturated rings. The lowest BCUT2D eigenvalue weighted by atomic mass is 10.0. The molecule has 0 radical (unpaired) electrons. The van der Waals surface area contributed by atoms with E-state index in [0.29, 0.717) is 5.56 Å². The molecular formula is C12H16F3NOS. The first-order valence-corrected chi connectivity index (χ1v) is 6.42. The second-order valence-electron chi connectivity index (χ2n) is 3.91. The van der Waals surface area contributed by atoms with Gasteiger partial charge in [0.05, 0.1) is 6.10 Å². The van der Waals surface area contributed by atoms with Crippen molar-refractivity contribution in [3.63, 3.8) is 0 Å². The van der Waals surface area contributed by atoms with E-state index in [0.717, 1.165) is 6.54 Å². The van der Waals surface area contributed by atoms with Crippen molar-refractivity contribution >= 4 is 11.8 Å². The van der Waals surface area contributed by atoms with E-state index in [1.54, 1.807) is 0 Å². The second-order valence-corrected chi connectivity index (χ2v) is 5.05. The first-order chi connectivity index (χ1) is 8.33. The molecular weight excluding hydrogens is 263 g/mol. The molecule has 6 heteroatoms. The van der Waals surface area contributed by atoms with Gasteiger partial charge in [-0.25, -0.2) is 0 Å². The van der Waals surface area contributed by atoms with Crippen molar-refractivity contribution in [2.45, 2.75) is 36.4 Å². The molecule has 2 unspecified atom stereocenters. The lowest BCUT2D eigenvalue weighted by Crippen LogP contribution is -2.31. The quantitative estimate of drug-likeness (QED) is 0.811. The average Bonchev–Trinajstić information content (AvgIpc) is 2.27. The lowest BCUT2D eigenvalue weighted by molar-refractivity contribution is -0.0328. The minimum Gasteiger partial charge on any atom is -0.387 e.